The van der Waals surface area contributed by atoms with Crippen LogP contribution in [0.25, 0.3) is 0 Å². The first-order valence-electron chi connectivity index (χ1n) is 6.40. The van der Waals surface area contributed by atoms with Crippen LogP contribution < -0.4 is 0 Å². The molecule has 0 aromatic carbocycles. The Morgan fingerprint density at radius 3 is 2.41 bits per heavy atom. The summed E-state index contributed by atoms with van der Waals surface area (Å²) in [7, 11) is 0. The SMILES string of the molecule is CCOC(=O)Cc1c(CC)nn(CC)c1CC. The van der Waals surface area contributed by atoms with Crippen molar-refractivity contribution in [2.75, 3.05) is 6.61 Å². The Hall–Kier alpha value is -1.32. The van der Waals surface area contributed by atoms with Crippen molar-refractivity contribution in [3.63, 3.8) is 0 Å². The van der Waals surface area contributed by atoms with E-state index in [0.29, 0.717) is 13.0 Å². The molecule has 1 rings (SSSR count). The van der Waals surface area contributed by atoms with Crippen LogP contribution in [0, 0.1) is 0 Å². The van der Waals surface area contributed by atoms with Crippen LogP contribution in [0.3, 0.4) is 0 Å². The van der Waals surface area contributed by atoms with Crippen LogP contribution in [-0.4, -0.2) is 22.4 Å². The van der Waals surface area contributed by atoms with Gasteiger partial charge in [0, 0.05) is 17.8 Å². The lowest BCUT2D eigenvalue weighted by molar-refractivity contribution is -0.142. The van der Waals surface area contributed by atoms with Crippen LogP contribution in [0.4, 0.5) is 0 Å². The number of carbonyl (C=O) groups is 1. The van der Waals surface area contributed by atoms with Crippen LogP contribution in [0.15, 0.2) is 0 Å². The molecule has 0 aliphatic rings. The molecule has 0 saturated heterocycles. The number of aryl methyl sites for hydroxylation is 2. The van der Waals surface area contributed by atoms with E-state index in [1.54, 1.807) is 0 Å². The Kier molecular flexibility index (Phi) is 5.19. The maximum atomic E-state index is 11.6. The molecule has 1 aromatic heterocycles. The third kappa shape index (κ3) is 3.08. The van der Waals surface area contributed by atoms with Crippen LogP contribution in [0.5, 0.6) is 0 Å². The molecule has 0 bridgehead atoms. The Morgan fingerprint density at radius 1 is 1.24 bits per heavy atom. The number of nitrogens with zero attached hydrogens (tertiary/aromatic N) is 2. The Balaban J connectivity index is 3.02. The molecule has 17 heavy (non-hydrogen) atoms. The highest BCUT2D eigenvalue weighted by molar-refractivity contribution is 5.73. The molecule has 0 spiro atoms. The van der Waals surface area contributed by atoms with Crippen molar-refractivity contribution in [3.8, 4) is 0 Å². The van der Waals surface area contributed by atoms with E-state index in [2.05, 4.69) is 25.9 Å². The highest BCUT2D eigenvalue weighted by atomic mass is 16.5. The highest BCUT2D eigenvalue weighted by Gasteiger charge is 2.17. The smallest absolute Gasteiger partial charge is 0.310 e. The normalized spacial score (nSPS) is 10.6. The summed E-state index contributed by atoms with van der Waals surface area (Å²) in [5, 5.41) is 4.54. The maximum Gasteiger partial charge on any atom is 0.310 e. The third-order valence-corrected chi connectivity index (χ3v) is 2.85. The minimum absolute atomic E-state index is 0.160. The van der Waals surface area contributed by atoms with Crippen LogP contribution in [0.1, 0.15) is 44.6 Å². The van der Waals surface area contributed by atoms with Crippen molar-refractivity contribution in [2.45, 2.75) is 53.5 Å². The second kappa shape index (κ2) is 6.42. The lowest BCUT2D eigenvalue weighted by Gasteiger charge is -2.05. The molecular weight excluding hydrogens is 216 g/mol. The predicted molar refractivity (Wildman–Crippen MR) is 67.0 cm³/mol. The average Bonchev–Trinajstić information content (AvgIpc) is 2.66. The van der Waals surface area contributed by atoms with Crippen molar-refractivity contribution in [1.82, 2.24) is 9.78 Å². The van der Waals surface area contributed by atoms with Crippen LogP contribution in [0.2, 0.25) is 0 Å². The number of rotatable bonds is 6. The van der Waals surface area contributed by atoms with Gasteiger partial charge in [-0.2, -0.15) is 5.10 Å². The summed E-state index contributed by atoms with van der Waals surface area (Å²) in [5.41, 5.74) is 3.25. The van der Waals surface area contributed by atoms with Crippen molar-refractivity contribution < 1.29 is 9.53 Å². The van der Waals surface area contributed by atoms with Gasteiger partial charge >= 0.3 is 5.97 Å². The van der Waals surface area contributed by atoms with Crippen molar-refractivity contribution >= 4 is 5.97 Å². The fraction of sp³-hybridized carbons (Fsp3) is 0.692. The number of ether oxygens (including phenoxy) is 1. The summed E-state index contributed by atoms with van der Waals surface area (Å²) < 4.78 is 7.01. The number of hydrogen-bond acceptors (Lipinski definition) is 3. The van der Waals surface area contributed by atoms with Gasteiger partial charge in [-0.1, -0.05) is 13.8 Å². The lowest BCUT2D eigenvalue weighted by atomic mass is 10.1. The van der Waals surface area contributed by atoms with E-state index in [1.807, 2.05) is 11.6 Å². The average molecular weight is 238 g/mol. The molecule has 4 nitrogen and oxygen atoms in total. The molecule has 0 N–H and O–H groups in total. The lowest BCUT2D eigenvalue weighted by Crippen LogP contribution is -2.10. The quantitative estimate of drug-likeness (QED) is 0.713. The zero-order valence-corrected chi connectivity index (χ0v) is 11.2. The molecule has 1 heterocycles. The van der Waals surface area contributed by atoms with Gasteiger partial charge in [0.25, 0.3) is 0 Å². The first-order valence-corrected chi connectivity index (χ1v) is 6.40. The van der Waals surface area contributed by atoms with Crippen molar-refractivity contribution in [2.24, 2.45) is 0 Å². The molecule has 0 unspecified atom stereocenters. The number of hydrogen-bond donors (Lipinski definition) is 0. The summed E-state index contributed by atoms with van der Waals surface area (Å²) in [5.74, 6) is -0.160. The van der Waals surface area contributed by atoms with Gasteiger partial charge in [0.15, 0.2) is 0 Å². The van der Waals surface area contributed by atoms with Crippen molar-refractivity contribution in [3.05, 3.63) is 17.0 Å². The van der Waals surface area contributed by atoms with Gasteiger partial charge in [0.2, 0.25) is 0 Å². The fourth-order valence-electron chi connectivity index (χ4n) is 2.09. The predicted octanol–water partition coefficient (Wildman–Crippen LogP) is 2.13. The topological polar surface area (TPSA) is 44.1 Å². The number of carbonyl (C=O) groups excluding carboxylic acids is 1. The molecule has 0 aliphatic heterocycles. The molecule has 0 fully saturated rings. The highest BCUT2D eigenvalue weighted by Crippen LogP contribution is 2.17. The Labute approximate surface area is 103 Å². The molecule has 0 radical (unpaired) electrons. The van der Waals surface area contributed by atoms with Gasteiger partial charge in [0.1, 0.15) is 0 Å². The largest absolute Gasteiger partial charge is 0.466 e. The summed E-state index contributed by atoms with van der Waals surface area (Å²) in [4.78, 5) is 11.6. The first kappa shape index (κ1) is 13.7. The fourth-order valence-corrected chi connectivity index (χ4v) is 2.09. The molecule has 0 saturated carbocycles. The maximum absolute atomic E-state index is 11.6. The summed E-state index contributed by atoms with van der Waals surface area (Å²) in [6.07, 6.45) is 2.10. The molecular formula is C13H22N2O2. The van der Waals surface area contributed by atoms with Crippen LogP contribution >= 0.6 is 0 Å². The summed E-state index contributed by atoms with van der Waals surface area (Å²) in [6.45, 7) is 9.34. The van der Waals surface area contributed by atoms with Gasteiger partial charge in [-0.25, -0.2) is 0 Å². The molecule has 96 valence electrons. The van der Waals surface area contributed by atoms with E-state index in [0.717, 1.165) is 36.3 Å². The molecule has 1 aromatic rings. The van der Waals surface area contributed by atoms with Gasteiger partial charge < -0.3 is 4.74 Å². The molecule has 0 aliphatic carbocycles. The second-order valence-electron chi connectivity index (χ2n) is 3.88. The van der Waals surface area contributed by atoms with E-state index in [4.69, 9.17) is 4.74 Å². The van der Waals surface area contributed by atoms with Gasteiger partial charge in [-0.15, -0.1) is 0 Å². The summed E-state index contributed by atoms with van der Waals surface area (Å²) in [6, 6.07) is 0. The van der Waals surface area contributed by atoms with E-state index >= 15 is 0 Å². The van der Waals surface area contributed by atoms with Crippen LogP contribution in [-0.2, 0) is 35.3 Å². The van der Waals surface area contributed by atoms with E-state index in [1.165, 1.54) is 0 Å². The minimum Gasteiger partial charge on any atom is -0.466 e. The minimum atomic E-state index is -0.160. The monoisotopic (exact) mass is 238 g/mol. The zero-order valence-electron chi connectivity index (χ0n) is 11.2. The second-order valence-corrected chi connectivity index (χ2v) is 3.88. The molecule has 4 heteroatoms. The van der Waals surface area contributed by atoms with E-state index in [9.17, 15) is 4.79 Å². The molecule has 0 atom stereocenters. The zero-order chi connectivity index (χ0) is 12.8. The number of esters is 1. The van der Waals surface area contributed by atoms with Gasteiger partial charge in [0.05, 0.1) is 18.7 Å². The van der Waals surface area contributed by atoms with Crippen molar-refractivity contribution in [1.29, 1.82) is 0 Å². The standard InChI is InChI=1S/C13H22N2O2/c1-5-11-10(9-13(16)17-8-4)12(6-2)15(7-3)14-11/h5-9H2,1-4H3. The first-order chi connectivity index (χ1) is 8.17. The van der Waals surface area contributed by atoms with E-state index < -0.39 is 0 Å². The molecule has 0 amide bonds. The van der Waals surface area contributed by atoms with Gasteiger partial charge in [-0.05, 0) is 26.7 Å². The summed E-state index contributed by atoms with van der Waals surface area (Å²) >= 11 is 0. The Morgan fingerprint density at radius 2 is 1.94 bits per heavy atom. The Bertz CT molecular complexity index is 383. The van der Waals surface area contributed by atoms with E-state index in [-0.39, 0.29) is 5.97 Å². The van der Waals surface area contributed by atoms with Gasteiger partial charge in [-0.3, -0.25) is 9.48 Å². The number of aromatic nitrogens is 2. The third-order valence-electron chi connectivity index (χ3n) is 2.85.